The van der Waals surface area contributed by atoms with Crippen molar-refractivity contribution in [2.24, 2.45) is 0 Å². The molecule has 1 atom stereocenters. The summed E-state index contributed by atoms with van der Waals surface area (Å²) in [5.74, 6) is 0.970. The predicted octanol–water partition coefficient (Wildman–Crippen LogP) is 6.67. The van der Waals surface area contributed by atoms with E-state index in [1.54, 1.807) is 12.1 Å². The van der Waals surface area contributed by atoms with Crippen LogP contribution < -0.4 is 0 Å². The molecule has 1 aromatic heterocycles. The van der Waals surface area contributed by atoms with Crippen LogP contribution in [0.15, 0.2) is 48.5 Å². The first-order chi connectivity index (χ1) is 14.9. The third-order valence-electron chi connectivity index (χ3n) is 5.50. The monoisotopic (exact) mass is 443 g/mol. The van der Waals surface area contributed by atoms with Gasteiger partial charge in [0.1, 0.15) is 17.1 Å². The molecule has 4 nitrogen and oxygen atoms in total. The summed E-state index contributed by atoms with van der Waals surface area (Å²) in [6, 6.07) is 16.6. The van der Waals surface area contributed by atoms with Crippen LogP contribution in [0.25, 0.3) is 11.0 Å². The second kappa shape index (κ2) is 9.99. The summed E-state index contributed by atoms with van der Waals surface area (Å²) >= 11 is 0. The van der Waals surface area contributed by atoms with E-state index in [1.807, 2.05) is 31.2 Å². The third kappa shape index (κ3) is 5.56. The summed E-state index contributed by atoms with van der Waals surface area (Å²) in [5, 5.41) is 8.86. The summed E-state index contributed by atoms with van der Waals surface area (Å²) < 4.78 is 40.6. The molecule has 0 aliphatic carbocycles. The van der Waals surface area contributed by atoms with Crippen molar-refractivity contribution < 1.29 is 18.0 Å². The largest absolute Gasteiger partial charge is 0.411 e. The van der Waals surface area contributed by atoms with Gasteiger partial charge in [-0.05, 0) is 50.5 Å². The van der Waals surface area contributed by atoms with Crippen LogP contribution in [-0.4, -0.2) is 21.5 Å². The fourth-order valence-electron chi connectivity index (χ4n) is 3.48. The molecule has 0 spiro atoms. The van der Waals surface area contributed by atoms with Gasteiger partial charge in [0.05, 0.1) is 22.7 Å². The molecular formula is C25H28F3N3O. The molecule has 3 rings (SSSR count). The molecule has 32 heavy (non-hydrogen) atoms. The number of halogens is 3. The van der Waals surface area contributed by atoms with Gasteiger partial charge in [0, 0.05) is 12.8 Å². The minimum Gasteiger partial charge on any atom is -0.313 e. The molecule has 0 aliphatic rings. The van der Waals surface area contributed by atoms with Crippen molar-refractivity contribution in [3.05, 3.63) is 65.5 Å². The number of carbonyl (C=O) groups is 1. The number of aryl methyl sites for hydroxylation is 1. The van der Waals surface area contributed by atoms with Gasteiger partial charge < -0.3 is 4.57 Å². The molecule has 0 radical (unpaired) electrons. The fraction of sp³-hybridized carbons (Fsp3) is 0.400. The maximum absolute atomic E-state index is 13.2. The van der Waals surface area contributed by atoms with E-state index in [2.05, 4.69) is 24.0 Å². The Balaban J connectivity index is 0.000000244. The molecule has 1 heterocycles. The Morgan fingerprint density at radius 1 is 1.16 bits per heavy atom. The van der Waals surface area contributed by atoms with Crippen molar-refractivity contribution in [3.63, 3.8) is 0 Å². The molecule has 0 saturated heterocycles. The van der Waals surface area contributed by atoms with Gasteiger partial charge in [0.15, 0.2) is 0 Å². The lowest BCUT2D eigenvalue weighted by Crippen LogP contribution is -2.42. The highest BCUT2D eigenvalue weighted by Crippen LogP contribution is 2.39. The van der Waals surface area contributed by atoms with Crippen LogP contribution in [0.3, 0.4) is 0 Å². The van der Waals surface area contributed by atoms with Gasteiger partial charge in [-0.15, -0.1) is 0 Å². The van der Waals surface area contributed by atoms with Crippen LogP contribution in [0.1, 0.15) is 63.4 Å². The molecule has 0 bridgehead atoms. The van der Waals surface area contributed by atoms with E-state index in [0.717, 1.165) is 18.4 Å². The summed E-state index contributed by atoms with van der Waals surface area (Å²) in [6.07, 6.45) is -3.09. The average Bonchev–Trinajstić information content (AvgIpc) is 3.09. The number of rotatable bonds is 5. The number of hydrogen-bond donors (Lipinski definition) is 0. The molecule has 0 aliphatic heterocycles. The van der Waals surface area contributed by atoms with Gasteiger partial charge in [-0.25, -0.2) is 4.98 Å². The molecule has 2 aromatic carbocycles. The van der Waals surface area contributed by atoms with E-state index in [1.165, 1.54) is 18.6 Å². The van der Waals surface area contributed by atoms with Crippen LogP contribution in [-0.2, 0) is 10.3 Å². The van der Waals surface area contributed by atoms with Crippen LogP contribution in [0, 0.1) is 18.3 Å². The minimum absolute atomic E-state index is 0.271. The number of nitrogens with zero attached hydrogens (tertiary/aromatic N) is 3. The Bertz CT molecular complexity index is 1110. The number of carbonyl (C=O) groups excluding carboxylic acids is 1. The van der Waals surface area contributed by atoms with Gasteiger partial charge in [0.2, 0.25) is 0 Å². The first kappa shape index (κ1) is 25.1. The van der Waals surface area contributed by atoms with Gasteiger partial charge in [-0.1, -0.05) is 44.2 Å². The molecule has 0 fully saturated rings. The van der Waals surface area contributed by atoms with E-state index in [9.17, 15) is 18.0 Å². The molecule has 0 N–H and O–H groups in total. The zero-order chi connectivity index (χ0) is 24.1. The zero-order valence-corrected chi connectivity index (χ0v) is 19.0. The minimum atomic E-state index is -4.41. The van der Waals surface area contributed by atoms with Crippen LogP contribution in [0.2, 0.25) is 0 Å². The Morgan fingerprint density at radius 2 is 1.78 bits per heavy atom. The quantitative estimate of drug-likeness (QED) is 0.442. The smallest absolute Gasteiger partial charge is 0.313 e. The summed E-state index contributed by atoms with van der Waals surface area (Å²) in [5.41, 5.74) is 0.253. The first-order valence-corrected chi connectivity index (χ1v) is 10.4. The molecule has 0 saturated carbocycles. The number of ketones is 1. The van der Waals surface area contributed by atoms with E-state index in [0.29, 0.717) is 41.1 Å². The number of nitriles is 1. The van der Waals surface area contributed by atoms with Crippen molar-refractivity contribution in [2.45, 2.75) is 65.1 Å². The average molecular weight is 444 g/mol. The zero-order valence-electron chi connectivity index (χ0n) is 19.0. The normalized spacial score (nSPS) is 12.6. The number of hydrogen-bond acceptors (Lipinski definition) is 3. The number of benzene rings is 2. The summed E-state index contributed by atoms with van der Waals surface area (Å²) in [6.45, 7) is 7.74. The van der Waals surface area contributed by atoms with Crippen molar-refractivity contribution >= 4 is 16.8 Å². The lowest BCUT2D eigenvalue weighted by atomic mass is 9.95. The summed E-state index contributed by atoms with van der Waals surface area (Å²) in [7, 11) is 0. The Kier molecular flexibility index (Phi) is 7.84. The van der Waals surface area contributed by atoms with Crippen LogP contribution >= 0.6 is 0 Å². The highest BCUT2D eigenvalue weighted by atomic mass is 19.4. The Morgan fingerprint density at radius 3 is 2.31 bits per heavy atom. The lowest BCUT2D eigenvalue weighted by molar-refractivity contribution is -0.202. The molecule has 7 heteroatoms. The molecule has 0 amide bonds. The number of Topliss-reactive ketones (excluding diaryl/α,β-unsaturated/α-hetero) is 1. The molecule has 1 unspecified atom stereocenters. The van der Waals surface area contributed by atoms with Crippen molar-refractivity contribution in [3.8, 4) is 6.07 Å². The van der Waals surface area contributed by atoms with Gasteiger partial charge in [-0.3, -0.25) is 4.79 Å². The van der Waals surface area contributed by atoms with Gasteiger partial charge in [0.25, 0.3) is 0 Å². The Labute approximate surface area is 186 Å². The van der Waals surface area contributed by atoms with Crippen molar-refractivity contribution in [2.75, 3.05) is 0 Å². The molecular weight excluding hydrogens is 415 g/mol. The summed E-state index contributed by atoms with van der Waals surface area (Å²) in [4.78, 5) is 15.3. The third-order valence-corrected chi connectivity index (χ3v) is 5.50. The van der Waals surface area contributed by atoms with E-state index in [4.69, 9.17) is 5.26 Å². The van der Waals surface area contributed by atoms with Gasteiger partial charge in [-0.2, -0.15) is 18.4 Å². The van der Waals surface area contributed by atoms with Gasteiger partial charge >= 0.3 is 6.18 Å². The Hall–Kier alpha value is -3.14. The van der Waals surface area contributed by atoms with Crippen molar-refractivity contribution in [1.29, 1.82) is 5.26 Å². The predicted molar refractivity (Wildman–Crippen MR) is 119 cm³/mol. The second-order valence-corrected chi connectivity index (χ2v) is 8.27. The number of imidazole rings is 1. The standard InChI is InChI=1S/C13H12F3N3.C12H16O/c1-8-18-10-5-4-9(7-17)6-11(10)19(8)12(2,3)13(14,15)16;1-3-12(13)9-10(2)11-7-5-4-6-8-11/h4-6H,1-3H3;4-8,10H,3,9H2,1-2H3. The highest BCUT2D eigenvalue weighted by Gasteiger charge is 2.50. The van der Waals surface area contributed by atoms with E-state index >= 15 is 0 Å². The topological polar surface area (TPSA) is 58.7 Å². The highest BCUT2D eigenvalue weighted by molar-refractivity contribution is 5.79. The maximum Gasteiger partial charge on any atom is 0.411 e. The van der Waals surface area contributed by atoms with Crippen LogP contribution in [0.5, 0.6) is 0 Å². The number of fused-ring (bicyclic) bond motifs is 1. The van der Waals surface area contributed by atoms with E-state index in [-0.39, 0.29) is 5.82 Å². The SMILES string of the molecule is CCC(=O)CC(C)c1ccccc1.Cc1nc2ccc(C#N)cc2n1C(C)(C)C(F)(F)F. The fourth-order valence-corrected chi connectivity index (χ4v) is 3.48. The number of aromatic nitrogens is 2. The first-order valence-electron chi connectivity index (χ1n) is 10.4. The molecule has 170 valence electrons. The van der Waals surface area contributed by atoms with Crippen LogP contribution in [0.4, 0.5) is 13.2 Å². The maximum atomic E-state index is 13.2. The molecule has 3 aromatic rings. The number of alkyl halides is 3. The van der Waals surface area contributed by atoms with Crippen molar-refractivity contribution in [1.82, 2.24) is 9.55 Å². The second-order valence-electron chi connectivity index (χ2n) is 8.27. The lowest BCUT2D eigenvalue weighted by Gasteiger charge is -2.31. The van der Waals surface area contributed by atoms with E-state index < -0.39 is 11.7 Å².